The Balaban J connectivity index is 1.42. The summed E-state index contributed by atoms with van der Waals surface area (Å²) in [6.45, 7) is 4.39. The van der Waals surface area contributed by atoms with E-state index in [-0.39, 0.29) is 10.8 Å². The van der Waals surface area contributed by atoms with Crippen LogP contribution in [0.3, 0.4) is 0 Å². The van der Waals surface area contributed by atoms with Gasteiger partial charge in [0.1, 0.15) is 13.2 Å². The molecule has 2 aromatic carbocycles. The standard InChI is InChI=1S/C22H26N2O5S/c1-16-4-6-18(30(26,27)24-10-2-3-11-24)15-19(16)22(25)23-9-8-17-5-7-20-21(14-17)29-13-12-28-20/h4-7,14-15H,2-3,8-13H2,1H3,(H,23,25). The van der Waals surface area contributed by atoms with Gasteiger partial charge < -0.3 is 14.8 Å². The fourth-order valence-corrected chi connectivity index (χ4v) is 5.29. The number of amides is 1. The molecule has 0 aromatic heterocycles. The van der Waals surface area contributed by atoms with Crippen molar-refractivity contribution in [1.82, 2.24) is 9.62 Å². The van der Waals surface area contributed by atoms with Gasteiger partial charge in [0.2, 0.25) is 10.0 Å². The lowest BCUT2D eigenvalue weighted by atomic mass is 10.1. The first kappa shape index (κ1) is 20.7. The van der Waals surface area contributed by atoms with E-state index < -0.39 is 10.0 Å². The van der Waals surface area contributed by atoms with Crippen molar-refractivity contribution >= 4 is 15.9 Å². The van der Waals surface area contributed by atoms with Gasteiger partial charge in [-0.3, -0.25) is 4.79 Å². The number of nitrogens with one attached hydrogen (secondary N) is 1. The molecule has 4 rings (SSSR count). The number of hydrogen-bond acceptors (Lipinski definition) is 5. The number of carbonyl (C=O) groups excluding carboxylic acids is 1. The second-order valence-electron chi connectivity index (χ2n) is 7.57. The molecule has 0 aliphatic carbocycles. The number of ether oxygens (including phenoxy) is 2. The first-order chi connectivity index (χ1) is 14.4. The Morgan fingerprint density at radius 1 is 1.03 bits per heavy atom. The molecule has 2 heterocycles. The Kier molecular flexibility index (Phi) is 5.97. The number of rotatable bonds is 6. The van der Waals surface area contributed by atoms with Crippen molar-refractivity contribution < 1.29 is 22.7 Å². The molecule has 160 valence electrons. The molecule has 0 radical (unpaired) electrons. The molecule has 2 aliphatic heterocycles. The average molecular weight is 431 g/mol. The summed E-state index contributed by atoms with van der Waals surface area (Å²) in [5, 5.41) is 2.90. The number of sulfonamides is 1. The molecule has 7 nitrogen and oxygen atoms in total. The highest BCUT2D eigenvalue weighted by molar-refractivity contribution is 7.89. The first-order valence-electron chi connectivity index (χ1n) is 10.2. The highest BCUT2D eigenvalue weighted by Crippen LogP contribution is 2.30. The zero-order chi connectivity index (χ0) is 21.1. The number of nitrogens with zero attached hydrogens (tertiary/aromatic N) is 1. The summed E-state index contributed by atoms with van der Waals surface area (Å²) in [6, 6.07) is 10.5. The van der Waals surface area contributed by atoms with Gasteiger partial charge in [-0.25, -0.2) is 8.42 Å². The molecule has 2 aromatic rings. The van der Waals surface area contributed by atoms with Crippen LogP contribution in [0.1, 0.15) is 34.3 Å². The van der Waals surface area contributed by atoms with E-state index in [0.717, 1.165) is 35.5 Å². The van der Waals surface area contributed by atoms with Gasteiger partial charge in [0, 0.05) is 25.2 Å². The van der Waals surface area contributed by atoms with E-state index in [4.69, 9.17) is 9.47 Å². The van der Waals surface area contributed by atoms with E-state index in [1.807, 2.05) is 25.1 Å². The van der Waals surface area contributed by atoms with Crippen LogP contribution >= 0.6 is 0 Å². The number of carbonyl (C=O) groups is 1. The van der Waals surface area contributed by atoms with Crippen LogP contribution in [0, 0.1) is 6.92 Å². The summed E-state index contributed by atoms with van der Waals surface area (Å²) in [4.78, 5) is 12.9. The molecule has 0 bridgehead atoms. The van der Waals surface area contributed by atoms with E-state index in [1.54, 1.807) is 12.1 Å². The van der Waals surface area contributed by atoms with Crippen molar-refractivity contribution in [3.63, 3.8) is 0 Å². The predicted molar refractivity (Wildman–Crippen MR) is 113 cm³/mol. The second-order valence-corrected chi connectivity index (χ2v) is 9.51. The Bertz CT molecular complexity index is 1050. The number of aryl methyl sites for hydroxylation is 1. The maximum atomic E-state index is 12.8. The molecule has 0 saturated carbocycles. The van der Waals surface area contributed by atoms with Crippen LogP contribution in [0.25, 0.3) is 0 Å². The summed E-state index contributed by atoms with van der Waals surface area (Å²) in [5.74, 6) is 1.19. The Hall–Kier alpha value is -2.58. The lowest BCUT2D eigenvalue weighted by Gasteiger charge is -2.19. The highest BCUT2D eigenvalue weighted by atomic mass is 32.2. The summed E-state index contributed by atoms with van der Waals surface area (Å²) in [6.07, 6.45) is 2.38. The normalized spacial score (nSPS) is 16.4. The van der Waals surface area contributed by atoms with Crippen LogP contribution in [-0.4, -0.2) is 51.5 Å². The SMILES string of the molecule is Cc1ccc(S(=O)(=O)N2CCCC2)cc1C(=O)NCCc1ccc2c(c1)OCCO2. The molecular weight excluding hydrogens is 404 g/mol. The lowest BCUT2D eigenvalue weighted by molar-refractivity contribution is 0.0953. The molecule has 1 fully saturated rings. The van der Waals surface area contributed by atoms with Gasteiger partial charge in [0.15, 0.2) is 11.5 Å². The predicted octanol–water partition coefficient (Wildman–Crippen LogP) is 2.52. The summed E-state index contributed by atoms with van der Waals surface area (Å²) < 4.78 is 38.2. The zero-order valence-corrected chi connectivity index (χ0v) is 17.8. The quantitative estimate of drug-likeness (QED) is 0.761. The van der Waals surface area contributed by atoms with Crippen molar-refractivity contribution in [2.24, 2.45) is 0 Å². The molecule has 1 amide bonds. The van der Waals surface area contributed by atoms with Gasteiger partial charge in [0.05, 0.1) is 4.90 Å². The van der Waals surface area contributed by atoms with Crippen LogP contribution in [0.2, 0.25) is 0 Å². The topological polar surface area (TPSA) is 84.9 Å². The van der Waals surface area contributed by atoms with Crippen molar-refractivity contribution in [1.29, 1.82) is 0 Å². The van der Waals surface area contributed by atoms with Gasteiger partial charge in [0.25, 0.3) is 5.91 Å². The molecule has 0 atom stereocenters. The molecule has 0 unspecified atom stereocenters. The third kappa shape index (κ3) is 4.29. The van der Waals surface area contributed by atoms with E-state index in [9.17, 15) is 13.2 Å². The molecule has 0 spiro atoms. The maximum Gasteiger partial charge on any atom is 0.251 e. The van der Waals surface area contributed by atoms with E-state index in [0.29, 0.717) is 44.8 Å². The zero-order valence-electron chi connectivity index (χ0n) is 17.0. The van der Waals surface area contributed by atoms with Gasteiger partial charge in [-0.15, -0.1) is 0 Å². The van der Waals surface area contributed by atoms with E-state index in [2.05, 4.69) is 5.32 Å². The molecule has 30 heavy (non-hydrogen) atoms. The van der Waals surface area contributed by atoms with Crippen LogP contribution in [0.5, 0.6) is 11.5 Å². The second kappa shape index (κ2) is 8.65. The third-order valence-corrected chi connectivity index (χ3v) is 7.36. The lowest BCUT2D eigenvalue weighted by Crippen LogP contribution is -2.29. The monoisotopic (exact) mass is 430 g/mol. The highest BCUT2D eigenvalue weighted by Gasteiger charge is 2.28. The number of hydrogen-bond donors (Lipinski definition) is 1. The van der Waals surface area contributed by atoms with Gasteiger partial charge >= 0.3 is 0 Å². The Morgan fingerprint density at radius 3 is 2.53 bits per heavy atom. The van der Waals surface area contributed by atoms with Crippen molar-refractivity contribution in [2.75, 3.05) is 32.8 Å². The molecular formula is C22H26N2O5S. The van der Waals surface area contributed by atoms with Gasteiger partial charge in [-0.05, 0) is 61.6 Å². The van der Waals surface area contributed by atoms with E-state index in [1.165, 1.54) is 10.4 Å². The average Bonchev–Trinajstić information content (AvgIpc) is 3.29. The van der Waals surface area contributed by atoms with Crippen LogP contribution in [0.15, 0.2) is 41.3 Å². The molecule has 1 saturated heterocycles. The molecule has 1 N–H and O–H groups in total. The largest absolute Gasteiger partial charge is 0.486 e. The summed E-state index contributed by atoms with van der Waals surface area (Å²) in [7, 11) is -3.56. The maximum absolute atomic E-state index is 12.8. The summed E-state index contributed by atoms with van der Waals surface area (Å²) in [5.41, 5.74) is 2.16. The minimum Gasteiger partial charge on any atom is -0.486 e. The molecule has 8 heteroatoms. The first-order valence-corrected chi connectivity index (χ1v) is 11.7. The van der Waals surface area contributed by atoms with Crippen molar-refractivity contribution in [3.05, 3.63) is 53.1 Å². The Labute approximate surface area is 177 Å². The van der Waals surface area contributed by atoms with Crippen molar-refractivity contribution in [3.8, 4) is 11.5 Å². The molecule has 2 aliphatic rings. The Morgan fingerprint density at radius 2 is 1.77 bits per heavy atom. The van der Waals surface area contributed by atoms with Crippen LogP contribution in [-0.2, 0) is 16.4 Å². The van der Waals surface area contributed by atoms with Gasteiger partial charge in [-0.1, -0.05) is 12.1 Å². The fourth-order valence-electron chi connectivity index (χ4n) is 3.74. The van der Waals surface area contributed by atoms with E-state index >= 15 is 0 Å². The number of fused-ring (bicyclic) bond motifs is 1. The fraction of sp³-hybridized carbons (Fsp3) is 0.409. The van der Waals surface area contributed by atoms with Gasteiger partial charge in [-0.2, -0.15) is 4.31 Å². The van der Waals surface area contributed by atoms with Crippen molar-refractivity contribution in [2.45, 2.75) is 31.1 Å². The minimum atomic E-state index is -3.56. The third-order valence-electron chi connectivity index (χ3n) is 5.46. The minimum absolute atomic E-state index is 0.173. The smallest absolute Gasteiger partial charge is 0.251 e. The van der Waals surface area contributed by atoms with Crippen LogP contribution in [0.4, 0.5) is 0 Å². The van der Waals surface area contributed by atoms with Crippen LogP contribution < -0.4 is 14.8 Å². The summed E-state index contributed by atoms with van der Waals surface area (Å²) >= 11 is 0. The number of benzene rings is 2.